The minimum Gasteiger partial charge on any atom is -0.444 e. The van der Waals surface area contributed by atoms with Crippen LogP contribution in [0.2, 0.25) is 0 Å². The molecule has 0 aliphatic carbocycles. The zero-order valence-electron chi connectivity index (χ0n) is 18.4. The molecular formula is C22H30N4O5. The summed E-state index contributed by atoms with van der Waals surface area (Å²) in [5, 5.41) is 17.5. The van der Waals surface area contributed by atoms with Crippen LogP contribution in [0.3, 0.4) is 0 Å². The number of carbonyl (C=O) groups excluding carboxylic acids is 1. The first-order chi connectivity index (χ1) is 14.6. The van der Waals surface area contributed by atoms with E-state index in [9.17, 15) is 19.7 Å². The molecule has 1 heterocycles. The van der Waals surface area contributed by atoms with E-state index in [0.29, 0.717) is 23.4 Å². The van der Waals surface area contributed by atoms with E-state index in [1.165, 1.54) is 12.3 Å². The number of ether oxygens (including phenoxy) is 1. The number of pyridine rings is 1. The average Bonchev–Trinajstić information content (AvgIpc) is 2.67. The number of hydrogen-bond acceptors (Lipinski definition) is 6. The normalized spacial score (nSPS) is 12.1. The number of unbranched alkanes of at least 4 members (excludes halogenated alkanes) is 1. The molecule has 2 rings (SSSR count). The Morgan fingerprint density at radius 2 is 1.90 bits per heavy atom. The second-order valence-corrected chi connectivity index (χ2v) is 8.34. The van der Waals surface area contributed by atoms with Crippen molar-refractivity contribution in [3.8, 4) is 11.1 Å². The third-order valence-electron chi connectivity index (χ3n) is 4.47. The second-order valence-electron chi connectivity index (χ2n) is 8.34. The van der Waals surface area contributed by atoms with E-state index in [2.05, 4.69) is 15.6 Å². The molecule has 1 unspecified atom stereocenters. The fourth-order valence-electron chi connectivity index (χ4n) is 3.10. The van der Waals surface area contributed by atoms with Crippen LogP contribution in [-0.2, 0) is 4.74 Å². The molecule has 3 N–H and O–H groups in total. The number of alkyl carbamates (subject to hydrolysis) is 1. The van der Waals surface area contributed by atoms with Gasteiger partial charge in [-0.25, -0.2) is 4.79 Å². The minimum atomic E-state index is -0.537. The summed E-state index contributed by atoms with van der Waals surface area (Å²) in [5.41, 5.74) is 0.233. The number of aromatic nitrogens is 1. The second kappa shape index (κ2) is 10.6. The van der Waals surface area contributed by atoms with E-state index in [0.717, 1.165) is 19.3 Å². The van der Waals surface area contributed by atoms with E-state index >= 15 is 0 Å². The van der Waals surface area contributed by atoms with Gasteiger partial charge >= 0.3 is 6.09 Å². The molecule has 0 spiro atoms. The molecule has 9 heteroatoms. The Morgan fingerprint density at radius 1 is 1.19 bits per heavy atom. The third kappa shape index (κ3) is 7.44. The molecule has 0 fully saturated rings. The Bertz CT molecular complexity index is 965. The highest BCUT2D eigenvalue weighted by molar-refractivity contribution is 5.84. The average molecular weight is 431 g/mol. The van der Waals surface area contributed by atoms with Gasteiger partial charge in [0.2, 0.25) is 0 Å². The van der Waals surface area contributed by atoms with Crippen LogP contribution in [0, 0.1) is 10.1 Å². The summed E-state index contributed by atoms with van der Waals surface area (Å²) >= 11 is 0. The van der Waals surface area contributed by atoms with Crippen LogP contribution in [0.25, 0.3) is 11.1 Å². The molecular weight excluding hydrogens is 400 g/mol. The van der Waals surface area contributed by atoms with E-state index in [1.54, 1.807) is 45.0 Å². The summed E-state index contributed by atoms with van der Waals surface area (Å²) in [4.78, 5) is 37.6. The van der Waals surface area contributed by atoms with Crippen molar-refractivity contribution < 1.29 is 14.5 Å². The van der Waals surface area contributed by atoms with Crippen molar-refractivity contribution in [3.05, 3.63) is 57.0 Å². The highest BCUT2D eigenvalue weighted by atomic mass is 16.6. The van der Waals surface area contributed by atoms with Crippen LogP contribution < -0.4 is 16.2 Å². The molecule has 1 amide bonds. The van der Waals surface area contributed by atoms with Crippen LogP contribution in [0.5, 0.6) is 0 Å². The first-order valence-electron chi connectivity index (χ1n) is 10.3. The smallest absolute Gasteiger partial charge is 0.407 e. The monoisotopic (exact) mass is 430 g/mol. The molecule has 0 radical (unpaired) electrons. The maximum atomic E-state index is 12.2. The molecule has 1 atom stereocenters. The molecule has 0 aliphatic heterocycles. The fourth-order valence-corrected chi connectivity index (χ4v) is 3.10. The molecule has 0 bridgehead atoms. The van der Waals surface area contributed by atoms with Crippen LogP contribution in [0.1, 0.15) is 47.0 Å². The van der Waals surface area contributed by atoms with Crippen molar-refractivity contribution in [1.82, 2.24) is 10.3 Å². The molecule has 31 heavy (non-hydrogen) atoms. The Balaban J connectivity index is 2.00. The molecule has 9 nitrogen and oxygen atoms in total. The van der Waals surface area contributed by atoms with Gasteiger partial charge in [0.15, 0.2) is 0 Å². The van der Waals surface area contributed by atoms with Gasteiger partial charge < -0.3 is 20.4 Å². The fraction of sp³-hybridized carbons (Fsp3) is 0.455. The first kappa shape index (κ1) is 23.9. The van der Waals surface area contributed by atoms with Gasteiger partial charge in [-0.15, -0.1) is 0 Å². The minimum absolute atomic E-state index is 0.0795. The molecule has 1 aromatic heterocycles. The summed E-state index contributed by atoms with van der Waals surface area (Å²) in [5.74, 6) is 0. The number of amides is 1. The summed E-state index contributed by atoms with van der Waals surface area (Å²) < 4.78 is 5.19. The molecule has 168 valence electrons. The molecule has 1 aromatic carbocycles. The van der Waals surface area contributed by atoms with Crippen LogP contribution >= 0.6 is 0 Å². The van der Waals surface area contributed by atoms with E-state index in [4.69, 9.17) is 4.74 Å². The van der Waals surface area contributed by atoms with E-state index in [1.807, 2.05) is 6.92 Å². The van der Waals surface area contributed by atoms with Crippen LogP contribution in [0.4, 0.5) is 16.2 Å². The Hall–Kier alpha value is -3.36. The summed E-state index contributed by atoms with van der Waals surface area (Å²) in [6, 6.07) is 7.91. The predicted molar refractivity (Wildman–Crippen MR) is 120 cm³/mol. The van der Waals surface area contributed by atoms with Gasteiger partial charge in [0, 0.05) is 36.0 Å². The summed E-state index contributed by atoms with van der Waals surface area (Å²) in [7, 11) is 0. The van der Waals surface area contributed by atoms with Crippen LogP contribution in [0.15, 0.2) is 41.3 Å². The SMILES string of the molecule is CC(CCCCNC(=O)OC(C)(C)C)Nc1c(-c2ccc[nH]c2=O)cccc1[N+](=O)[O-]. The highest BCUT2D eigenvalue weighted by Crippen LogP contribution is 2.35. The third-order valence-corrected chi connectivity index (χ3v) is 4.47. The van der Waals surface area contributed by atoms with E-state index in [-0.39, 0.29) is 17.3 Å². The Labute approximate surface area is 181 Å². The maximum absolute atomic E-state index is 12.2. The number of rotatable bonds is 9. The standard InChI is InChI=1S/C22H30N4O5/c1-15(9-5-6-13-24-21(28)31-22(2,3)4)25-19-16(10-7-12-18(19)26(29)30)17-11-8-14-23-20(17)27/h7-8,10-12,14-15,25H,5-6,9,13H2,1-4H3,(H,23,27)(H,24,28). The van der Waals surface area contributed by atoms with Gasteiger partial charge in [0.05, 0.1) is 4.92 Å². The van der Waals surface area contributed by atoms with Crippen molar-refractivity contribution in [2.75, 3.05) is 11.9 Å². The molecule has 0 saturated heterocycles. The molecule has 0 saturated carbocycles. The van der Waals surface area contributed by atoms with Crippen molar-refractivity contribution in [3.63, 3.8) is 0 Å². The largest absolute Gasteiger partial charge is 0.444 e. The highest BCUT2D eigenvalue weighted by Gasteiger charge is 2.21. The quantitative estimate of drug-likeness (QED) is 0.307. The number of anilines is 1. The van der Waals surface area contributed by atoms with Gasteiger partial charge in [0.25, 0.3) is 11.2 Å². The van der Waals surface area contributed by atoms with Gasteiger partial charge in [0.1, 0.15) is 11.3 Å². The number of nitro groups is 1. The van der Waals surface area contributed by atoms with Crippen LogP contribution in [-0.4, -0.2) is 34.2 Å². The first-order valence-corrected chi connectivity index (χ1v) is 10.3. The lowest BCUT2D eigenvalue weighted by atomic mass is 10.0. The number of nitrogens with zero attached hydrogens (tertiary/aromatic N) is 1. The zero-order valence-corrected chi connectivity index (χ0v) is 18.4. The number of aromatic amines is 1. The topological polar surface area (TPSA) is 126 Å². The number of H-pyrrole nitrogens is 1. The predicted octanol–water partition coefficient (Wildman–Crippen LogP) is 4.45. The van der Waals surface area contributed by atoms with Crippen molar-refractivity contribution in [2.45, 2.75) is 58.6 Å². The van der Waals surface area contributed by atoms with Gasteiger partial charge in [-0.3, -0.25) is 14.9 Å². The van der Waals surface area contributed by atoms with Crippen molar-refractivity contribution >= 4 is 17.5 Å². The lowest BCUT2D eigenvalue weighted by Crippen LogP contribution is -2.33. The summed E-state index contributed by atoms with van der Waals surface area (Å²) in [6.45, 7) is 7.83. The number of carbonyl (C=O) groups is 1. The Morgan fingerprint density at radius 3 is 2.55 bits per heavy atom. The number of nitrogens with one attached hydrogen (secondary N) is 3. The maximum Gasteiger partial charge on any atom is 0.407 e. The number of hydrogen-bond donors (Lipinski definition) is 3. The Kier molecular flexibility index (Phi) is 8.18. The van der Waals surface area contributed by atoms with Crippen molar-refractivity contribution in [1.29, 1.82) is 0 Å². The summed E-state index contributed by atoms with van der Waals surface area (Å²) in [6.07, 6.45) is 3.34. The zero-order chi connectivity index (χ0) is 23.0. The number of benzene rings is 1. The van der Waals surface area contributed by atoms with E-state index < -0.39 is 16.6 Å². The van der Waals surface area contributed by atoms with Gasteiger partial charge in [-0.1, -0.05) is 12.1 Å². The number of para-hydroxylation sites is 1. The lowest BCUT2D eigenvalue weighted by Gasteiger charge is -2.20. The number of nitro benzene ring substituents is 1. The lowest BCUT2D eigenvalue weighted by molar-refractivity contribution is -0.383. The molecule has 0 aliphatic rings. The van der Waals surface area contributed by atoms with Gasteiger partial charge in [-0.2, -0.15) is 0 Å². The van der Waals surface area contributed by atoms with Gasteiger partial charge in [-0.05, 0) is 59.1 Å². The van der Waals surface area contributed by atoms with Crippen molar-refractivity contribution in [2.24, 2.45) is 0 Å². The molecule has 2 aromatic rings.